The van der Waals surface area contributed by atoms with Gasteiger partial charge in [0, 0.05) is 7.05 Å². The van der Waals surface area contributed by atoms with Crippen LogP contribution in [0.5, 0.6) is 5.75 Å². The highest BCUT2D eigenvalue weighted by molar-refractivity contribution is 7.89. The van der Waals surface area contributed by atoms with E-state index in [1.165, 1.54) is 32.4 Å². The minimum absolute atomic E-state index is 0.0106. The summed E-state index contributed by atoms with van der Waals surface area (Å²) in [7, 11) is -1.20. The maximum atomic E-state index is 12.0. The van der Waals surface area contributed by atoms with Crippen LogP contribution < -0.4 is 10.1 Å². The zero-order valence-corrected chi connectivity index (χ0v) is 10.7. The first kappa shape index (κ1) is 12.8. The van der Waals surface area contributed by atoms with Crippen LogP contribution in [0.4, 0.5) is 5.69 Å². The summed E-state index contributed by atoms with van der Waals surface area (Å²) in [5.41, 5.74) is 0.330. The number of benzene rings is 1. The second kappa shape index (κ2) is 4.56. The highest BCUT2D eigenvalue weighted by atomic mass is 32.2. The molecule has 0 spiro atoms. The van der Waals surface area contributed by atoms with Gasteiger partial charge in [-0.15, -0.1) is 0 Å². The van der Waals surface area contributed by atoms with Crippen LogP contribution in [-0.2, 0) is 19.7 Å². The minimum atomic E-state index is -3.74. The maximum Gasteiger partial charge on any atom is 0.264 e. The molecule has 18 heavy (non-hydrogen) atoms. The van der Waals surface area contributed by atoms with Crippen molar-refractivity contribution in [2.45, 2.75) is 4.90 Å². The summed E-state index contributed by atoms with van der Waals surface area (Å²) in [6, 6.07) is 4.21. The fraction of sp³-hybridized carbons (Fsp3) is 0.300. The van der Waals surface area contributed by atoms with E-state index in [9.17, 15) is 13.2 Å². The van der Waals surface area contributed by atoms with Gasteiger partial charge in [0.25, 0.3) is 15.9 Å². The van der Waals surface area contributed by atoms with Gasteiger partial charge in [-0.05, 0) is 18.2 Å². The first-order valence-corrected chi connectivity index (χ1v) is 6.49. The van der Waals surface area contributed by atoms with Gasteiger partial charge in [0.2, 0.25) is 0 Å². The van der Waals surface area contributed by atoms with Crippen LogP contribution in [-0.4, -0.2) is 39.6 Å². The number of fused-ring (bicyclic) bond motifs is 1. The Morgan fingerprint density at radius 3 is 2.83 bits per heavy atom. The number of nitrogens with zero attached hydrogens (tertiary/aromatic N) is 1. The lowest BCUT2D eigenvalue weighted by Gasteiger charge is -2.20. The highest BCUT2D eigenvalue weighted by Gasteiger charge is 2.24. The third kappa shape index (κ3) is 2.17. The molecule has 1 aliphatic heterocycles. The largest absolute Gasteiger partial charge is 0.482 e. The van der Waals surface area contributed by atoms with Gasteiger partial charge >= 0.3 is 0 Å². The number of nitrogens with one attached hydrogen (secondary N) is 1. The summed E-state index contributed by atoms with van der Waals surface area (Å²) >= 11 is 0. The number of rotatable bonds is 3. The number of hydrogen-bond donors (Lipinski definition) is 1. The third-order valence-corrected chi connectivity index (χ3v) is 4.15. The number of amides is 1. The van der Waals surface area contributed by atoms with Crippen molar-refractivity contribution in [1.82, 2.24) is 4.47 Å². The molecule has 2 rings (SSSR count). The van der Waals surface area contributed by atoms with E-state index in [-0.39, 0.29) is 17.4 Å². The van der Waals surface area contributed by atoms with Gasteiger partial charge in [-0.1, -0.05) is 4.47 Å². The van der Waals surface area contributed by atoms with E-state index in [1.807, 2.05) is 0 Å². The molecular weight excluding hydrogens is 260 g/mol. The van der Waals surface area contributed by atoms with Crippen LogP contribution in [0.15, 0.2) is 23.1 Å². The van der Waals surface area contributed by atoms with Crippen molar-refractivity contribution in [3.05, 3.63) is 18.2 Å². The van der Waals surface area contributed by atoms with Crippen LogP contribution in [0.3, 0.4) is 0 Å². The molecule has 0 atom stereocenters. The fourth-order valence-corrected chi connectivity index (χ4v) is 2.47. The molecule has 0 aliphatic carbocycles. The average Bonchev–Trinajstić information content (AvgIpc) is 2.36. The topological polar surface area (TPSA) is 84.9 Å². The van der Waals surface area contributed by atoms with Gasteiger partial charge in [0.1, 0.15) is 5.75 Å². The highest BCUT2D eigenvalue weighted by Crippen LogP contribution is 2.30. The zero-order valence-electron chi connectivity index (χ0n) is 9.84. The number of hydrogen-bond acceptors (Lipinski definition) is 5. The van der Waals surface area contributed by atoms with Gasteiger partial charge in [-0.25, -0.2) is 8.42 Å². The van der Waals surface area contributed by atoms with Crippen molar-refractivity contribution in [3.63, 3.8) is 0 Å². The first-order chi connectivity index (χ1) is 8.45. The Morgan fingerprint density at radius 1 is 1.44 bits per heavy atom. The summed E-state index contributed by atoms with van der Waals surface area (Å²) < 4.78 is 29.8. The van der Waals surface area contributed by atoms with E-state index < -0.39 is 10.0 Å². The molecule has 0 unspecified atom stereocenters. The Morgan fingerprint density at radius 2 is 2.17 bits per heavy atom. The molecule has 0 fully saturated rings. The van der Waals surface area contributed by atoms with E-state index in [4.69, 9.17) is 4.74 Å². The van der Waals surface area contributed by atoms with Crippen molar-refractivity contribution in [2.24, 2.45) is 0 Å². The molecule has 98 valence electrons. The van der Waals surface area contributed by atoms with Crippen molar-refractivity contribution >= 4 is 21.6 Å². The molecule has 0 saturated carbocycles. The Bertz CT molecular complexity index is 584. The Balaban J connectivity index is 2.43. The van der Waals surface area contributed by atoms with Gasteiger partial charge in [0.15, 0.2) is 6.61 Å². The molecule has 0 aromatic heterocycles. The van der Waals surface area contributed by atoms with Crippen molar-refractivity contribution in [3.8, 4) is 5.75 Å². The molecule has 0 saturated heterocycles. The number of sulfonamides is 1. The van der Waals surface area contributed by atoms with Crippen LogP contribution in [0.25, 0.3) is 0 Å². The fourth-order valence-electron chi connectivity index (χ4n) is 1.47. The van der Waals surface area contributed by atoms with Crippen LogP contribution in [0.1, 0.15) is 0 Å². The van der Waals surface area contributed by atoms with Gasteiger partial charge in [-0.2, -0.15) is 0 Å². The molecule has 1 N–H and O–H groups in total. The summed E-state index contributed by atoms with van der Waals surface area (Å²) in [6.45, 7) is -0.0724. The van der Waals surface area contributed by atoms with E-state index in [0.717, 1.165) is 4.47 Å². The summed E-state index contributed by atoms with van der Waals surface area (Å²) in [5.74, 6) is 0.116. The quantitative estimate of drug-likeness (QED) is 0.794. The third-order valence-electron chi connectivity index (χ3n) is 2.48. The van der Waals surface area contributed by atoms with Crippen molar-refractivity contribution in [2.75, 3.05) is 26.1 Å². The van der Waals surface area contributed by atoms with E-state index in [1.54, 1.807) is 0 Å². The molecule has 1 amide bonds. The summed E-state index contributed by atoms with van der Waals surface area (Å²) in [5, 5.41) is 2.54. The van der Waals surface area contributed by atoms with Crippen LogP contribution >= 0.6 is 0 Å². The molecule has 8 heteroatoms. The van der Waals surface area contributed by atoms with Gasteiger partial charge in [0.05, 0.1) is 17.7 Å². The number of anilines is 1. The number of carbonyl (C=O) groups is 1. The molecule has 1 heterocycles. The number of ether oxygens (including phenoxy) is 1. The van der Waals surface area contributed by atoms with Crippen molar-refractivity contribution in [1.29, 1.82) is 0 Å². The SMILES string of the molecule is CON(C)S(=O)(=O)c1ccc2c(c1)NC(=O)CO2. The Labute approximate surface area is 104 Å². The second-order valence-electron chi connectivity index (χ2n) is 3.59. The summed E-state index contributed by atoms with van der Waals surface area (Å²) in [6.07, 6.45) is 0. The summed E-state index contributed by atoms with van der Waals surface area (Å²) in [4.78, 5) is 15.8. The lowest BCUT2D eigenvalue weighted by atomic mass is 10.2. The molecular formula is C10H12N2O5S. The van der Waals surface area contributed by atoms with Crippen LogP contribution in [0, 0.1) is 0 Å². The standard InChI is InChI=1S/C10H12N2O5S/c1-12(16-2)18(14,15)7-3-4-9-8(5-7)11-10(13)6-17-9/h3-5H,6H2,1-2H3,(H,11,13). The number of carbonyl (C=O) groups excluding carboxylic acids is 1. The number of hydroxylamine groups is 1. The van der Waals surface area contributed by atoms with E-state index in [2.05, 4.69) is 10.2 Å². The Kier molecular flexibility index (Phi) is 3.24. The minimum Gasteiger partial charge on any atom is -0.482 e. The lowest BCUT2D eigenvalue weighted by Crippen LogP contribution is -2.27. The van der Waals surface area contributed by atoms with Gasteiger partial charge < -0.3 is 10.1 Å². The molecule has 1 aromatic carbocycles. The monoisotopic (exact) mass is 272 g/mol. The lowest BCUT2D eigenvalue weighted by molar-refractivity contribution is -0.118. The Hall–Kier alpha value is -1.64. The maximum absolute atomic E-state index is 12.0. The first-order valence-electron chi connectivity index (χ1n) is 5.05. The average molecular weight is 272 g/mol. The molecule has 0 bridgehead atoms. The van der Waals surface area contributed by atoms with Gasteiger partial charge in [-0.3, -0.25) is 9.63 Å². The molecule has 7 nitrogen and oxygen atoms in total. The molecule has 1 aliphatic rings. The smallest absolute Gasteiger partial charge is 0.264 e. The van der Waals surface area contributed by atoms with Crippen molar-refractivity contribution < 1.29 is 22.8 Å². The van der Waals surface area contributed by atoms with Crippen LogP contribution in [0.2, 0.25) is 0 Å². The molecule has 0 radical (unpaired) electrons. The molecule has 1 aromatic rings. The normalized spacial score (nSPS) is 14.9. The van der Waals surface area contributed by atoms with E-state index >= 15 is 0 Å². The zero-order chi connectivity index (χ0) is 13.3. The predicted molar refractivity (Wildman–Crippen MR) is 62.5 cm³/mol. The predicted octanol–water partition coefficient (Wildman–Crippen LogP) is 0.199. The second-order valence-corrected chi connectivity index (χ2v) is 5.53. The van der Waals surface area contributed by atoms with E-state index in [0.29, 0.717) is 11.4 Å².